The molecule has 192 valence electrons. The molecule has 2 unspecified atom stereocenters. The molecule has 0 aliphatic carbocycles. The predicted molar refractivity (Wildman–Crippen MR) is 134 cm³/mol. The molecule has 2 heterocycles. The number of benzene rings is 2. The molecule has 0 bridgehead atoms. The van der Waals surface area contributed by atoms with E-state index in [0.717, 1.165) is 29.0 Å². The first-order chi connectivity index (χ1) is 17.8. The summed E-state index contributed by atoms with van der Waals surface area (Å²) in [4.78, 5) is 33.2. The molecule has 12 heteroatoms. The maximum atomic E-state index is 14.0. The molecule has 2 aromatic heterocycles. The maximum Gasteiger partial charge on any atom is 0.263 e. The van der Waals surface area contributed by atoms with E-state index in [0.29, 0.717) is 17.8 Å². The lowest BCUT2D eigenvalue weighted by molar-refractivity contribution is -0.121. The van der Waals surface area contributed by atoms with Crippen molar-refractivity contribution in [1.82, 2.24) is 20.6 Å². The minimum atomic E-state index is -1.08. The number of amides is 2. The van der Waals surface area contributed by atoms with Crippen LogP contribution < -0.4 is 10.6 Å². The molecule has 0 aliphatic heterocycles. The number of aliphatic hydroxyl groups is 1. The van der Waals surface area contributed by atoms with Crippen LogP contribution in [0.2, 0.25) is 0 Å². The molecule has 2 atom stereocenters. The summed E-state index contributed by atoms with van der Waals surface area (Å²) in [6.45, 7) is -0.405. The van der Waals surface area contributed by atoms with Crippen molar-refractivity contribution in [2.75, 3.05) is 6.54 Å². The molecule has 3 N–H and O–H groups in total. The fraction of sp³-hybridized carbons (Fsp3) is 0.200. The topological polar surface area (TPSA) is 104 Å². The van der Waals surface area contributed by atoms with Crippen molar-refractivity contribution in [3.63, 3.8) is 0 Å². The van der Waals surface area contributed by atoms with Gasteiger partial charge in [-0.2, -0.15) is 0 Å². The Labute approximate surface area is 218 Å². The van der Waals surface area contributed by atoms with Crippen LogP contribution >= 0.6 is 22.7 Å². The van der Waals surface area contributed by atoms with Gasteiger partial charge < -0.3 is 15.7 Å². The van der Waals surface area contributed by atoms with Gasteiger partial charge in [0.15, 0.2) is 0 Å². The van der Waals surface area contributed by atoms with Gasteiger partial charge >= 0.3 is 0 Å². The van der Waals surface area contributed by atoms with E-state index in [-0.39, 0.29) is 21.3 Å². The summed E-state index contributed by atoms with van der Waals surface area (Å²) in [6, 6.07) is 8.61. The number of aryl methyl sites for hydroxylation is 1. The number of thiazole rings is 2. The normalized spacial score (nSPS) is 12.6. The zero-order valence-electron chi connectivity index (χ0n) is 19.2. The molecule has 4 rings (SSSR count). The van der Waals surface area contributed by atoms with Crippen molar-refractivity contribution in [3.05, 3.63) is 93.1 Å². The van der Waals surface area contributed by atoms with Crippen molar-refractivity contribution in [3.8, 4) is 10.6 Å². The van der Waals surface area contributed by atoms with Crippen molar-refractivity contribution in [2.24, 2.45) is 0 Å². The Morgan fingerprint density at radius 2 is 1.76 bits per heavy atom. The highest BCUT2D eigenvalue weighted by molar-refractivity contribution is 7.16. The predicted octanol–water partition coefficient (Wildman–Crippen LogP) is 4.26. The average molecular weight is 547 g/mol. The van der Waals surface area contributed by atoms with Gasteiger partial charge in [-0.15, -0.1) is 22.7 Å². The van der Waals surface area contributed by atoms with Crippen molar-refractivity contribution >= 4 is 34.5 Å². The van der Waals surface area contributed by atoms with Gasteiger partial charge in [0.05, 0.1) is 24.3 Å². The van der Waals surface area contributed by atoms with Crippen molar-refractivity contribution in [2.45, 2.75) is 25.0 Å². The van der Waals surface area contributed by atoms with Crippen molar-refractivity contribution in [1.29, 1.82) is 0 Å². The van der Waals surface area contributed by atoms with Gasteiger partial charge in [-0.25, -0.2) is 23.1 Å². The zero-order valence-corrected chi connectivity index (χ0v) is 20.8. The first-order valence-corrected chi connectivity index (χ1v) is 12.8. The number of halogens is 3. The van der Waals surface area contributed by atoms with Gasteiger partial charge in [-0.1, -0.05) is 18.2 Å². The second-order valence-corrected chi connectivity index (χ2v) is 9.92. The Morgan fingerprint density at radius 1 is 1.03 bits per heavy atom. The Hall–Kier alpha value is -3.61. The molecule has 2 amide bonds. The van der Waals surface area contributed by atoms with Crippen molar-refractivity contribution < 1.29 is 27.9 Å². The van der Waals surface area contributed by atoms with Gasteiger partial charge in [0.2, 0.25) is 5.91 Å². The number of aliphatic hydroxyl groups excluding tert-OH is 1. The third-order valence-electron chi connectivity index (χ3n) is 5.40. The van der Waals surface area contributed by atoms with E-state index in [1.165, 1.54) is 35.7 Å². The molecule has 0 saturated carbocycles. The summed E-state index contributed by atoms with van der Waals surface area (Å²) >= 11 is 2.03. The summed E-state index contributed by atoms with van der Waals surface area (Å²) in [6.07, 6.45) is 2.42. The second kappa shape index (κ2) is 12.1. The maximum absolute atomic E-state index is 14.0. The van der Waals surface area contributed by atoms with Crippen LogP contribution in [-0.2, 0) is 11.2 Å². The van der Waals surface area contributed by atoms with E-state index >= 15 is 0 Å². The zero-order chi connectivity index (χ0) is 26.4. The lowest BCUT2D eigenvalue weighted by atomic mass is 10.0. The van der Waals surface area contributed by atoms with E-state index in [2.05, 4.69) is 20.6 Å². The number of nitrogens with one attached hydrogen (secondary N) is 2. The fourth-order valence-electron chi connectivity index (χ4n) is 3.54. The molecule has 0 saturated heterocycles. The molecule has 7 nitrogen and oxygen atoms in total. The lowest BCUT2D eigenvalue weighted by Crippen LogP contribution is -2.44. The van der Waals surface area contributed by atoms with Gasteiger partial charge in [-0.05, 0) is 42.7 Å². The SMILES string of the molecule is O=C(CNC(=O)c1cnc(-c2c(F)cccc2F)s1)NC(CCc1ccc(F)cc1)C(O)c1nccs1. The molecule has 0 fully saturated rings. The summed E-state index contributed by atoms with van der Waals surface area (Å²) in [5.41, 5.74) is 0.497. The molecular formula is C25H21F3N4O3S2. The van der Waals surface area contributed by atoms with Gasteiger partial charge in [0.25, 0.3) is 5.91 Å². The first-order valence-electron chi connectivity index (χ1n) is 11.1. The molecule has 4 aromatic rings. The van der Waals surface area contributed by atoms with Gasteiger partial charge in [-0.3, -0.25) is 9.59 Å². The van der Waals surface area contributed by atoms with E-state index in [1.807, 2.05) is 0 Å². The molecule has 37 heavy (non-hydrogen) atoms. The van der Waals surface area contributed by atoms with Gasteiger partial charge in [0, 0.05) is 11.6 Å². The molecular weight excluding hydrogens is 525 g/mol. The third-order valence-corrected chi connectivity index (χ3v) is 7.26. The van der Waals surface area contributed by atoms with E-state index in [1.54, 1.807) is 23.7 Å². The molecule has 2 aromatic carbocycles. The quantitative estimate of drug-likeness (QED) is 0.276. The molecule has 0 radical (unpaired) electrons. The molecule has 0 spiro atoms. The van der Waals surface area contributed by atoms with Crippen LogP contribution in [0.4, 0.5) is 13.2 Å². The van der Waals surface area contributed by atoms with Crippen LogP contribution in [0.15, 0.2) is 60.2 Å². The average Bonchev–Trinajstić information content (AvgIpc) is 3.59. The highest BCUT2D eigenvalue weighted by Gasteiger charge is 2.25. The summed E-state index contributed by atoms with van der Waals surface area (Å²) in [5, 5.41) is 18.1. The largest absolute Gasteiger partial charge is 0.384 e. The number of nitrogens with zero attached hydrogens (tertiary/aromatic N) is 2. The van der Waals surface area contributed by atoms with E-state index < -0.39 is 42.1 Å². The number of rotatable bonds is 10. The second-order valence-electron chi connectivity index (χ2n) is 7.96. The van der Waals surface area contributed by atoms with Crippen LogP contribution in [0.25, 0.3) is 10.6 Å². The summed E-state index contributed by atoms with van der Waals surface area (Å²) in [5.74, 6) is -3.16. The lowest BCUT2D eigenvalue weighted by Gasteiger charge is -2.23. The van der Waals surface area contributed by atoms with Crippen LogP contribution in [-0.4, -0.2) is 39.5 Å². The van der Waals surface area contributed by atoms with Crippen LogP contribution in [0.5, 0.6) is 0 Å². The summed E-state index contributed by atoms with van der Waals surface area (Å²) in [7, 11) is 0. The van der Waals surface area contributed by atoms with E-state index in [4.69, 9.17) is 0 Å². The number of aromatic nitrogens is 2. The minimum Gasteiger partial charge on any atom is -0.384 e. The Morgan fingerprint density at radius 3 is 2.43 bits per heavy atom. The monoisotopic (exact) mass is 546 g/mol. The number of carbonyl (C=O) groups is 2. The Balaban J connectivity index is 1.37. The highest BCUT2D eigenvalue weighted by atomic mass is 32.1. The highest BCUT2D eigenvalue weighted by Crippen LogP contribution is 2.29. The summed E-state index contributed by atoms with van der Waals surface area (Å²) < 4.78 is 41.2. The van der Waals surface area contributed by atoms with E-state index in [9.17, 15) is 27.9 Å². The fourth-order valence-corrected chi connectivity index (χ4v) is 5.10. The number of carbonyl (C=O) groups excluding carboxylic acids is 2. The molecule has 0 aliphatic rings. The Kier molecular flexibility index (Phi) is 8.64. The number of hydrogen-bond acceptors (Lipinski definition) is 7. The minimum absolute atomic E-state index is 0.00220. The standard InChI is InChI=1S/C25H21F3N4O3S2/c26-15-7-4-14(5-8-15)6-9-18(22(34)25-29-10-11-36-25)32-20(33)13-30-23(35)19-12-31-24(37-19)21-16(27)2-1-3-17(21)28/h1-5,7-8,10-12,18,22,34H,6,9,13H2,(H,30,35)(H,32,33). The van der Waals surface area contributed by atoms with Gasteiger partial charge in [0.1, 0.15) is 38.4 Å². The van der Waals surface area contributed by atoms with Crippen LogP contribution in [0, 0.1) is 17.5 Å². The first kappa shape index (κ1) is 26.5. The third kappa shape index (κ3) is 6.79. The number of hydrogen-bond donors (Lipinski definition) is 3. The van der Waals surface area contributed by atoms with Crippen LogP contribution in [0.1, 0.15) is 32.8 Å². The Bertz CT molecular complexity index is 1340. The van der Waals surface area contributed by atoms with Crippen LogP contribution in [0.3, 0.4) is 0 Å². The smallest absolute Gasteiger partial charge is 0.263 e.